The molecule has 30 heavy (non-hydrogen) atoms. The summed E-state index contributed by atoms with van der Waals surface area (Å²) in [6.45, 7) is 5.42. The molecule has 0 unspecified atom stereocenters. The van der Waals surface area contributed by atoms with Crippen LogP contribution in [0.1, 0.15) is 12.6 Å². The van der Waals surface area contributed by atoms with E-state index in [2.05, 4.69) is 26.9 Å². The number of nitrogens with zero attached hydrogens (tertiary/aromatic N) is 1. The maximum Gasteiger partial charge on any atom is 0.573 e. The van der Waals surface area contributed by atoms with E-state index in [0.717, 1.165) is 0 Å². The van der Waals surface area contributed by atoms with E-state index in [-0.39, 0.29) is 16.8 Å². The summed E-state index contributed by atoms with van der Waals surface area (Å²) in [5.74, 6) is -0.625. The number of likely N-dealkylation sites (N-methyl/N-ethyl adjacent to an activating group) is 1. The number of carbonyl (C=O) groups excluding carboxylic acids is 1. The van der Waals surface area contributed by atoms with E-state index >= 15 is 0 Å². The van der Waals surface area contributed by atoms with Crippen LogP contribution in [0.2, 0.25) is 5.15 Å². The third-order valence-electron chi connectivity index (χ3n) is 3.80. The molecule has 0 atom stereocenters. The molecule has 158 valence electrons. The Morgan fingerprint density at radius 3 is 2.40 bits per heavy atom. The van der Waals surface area contributed by atoms with Crippen LogP contribution in [0.15, 0.2) is 66.8 Å². The lowest BCUT2D eigenvalue weighted by Crippen LogP contribution is -2.19. The zero-order valence-corrected chi connectivity index (χ0v) is 16.9. The van der Waals surface area contributed by atoms with E-state index in [9.17, 15) is 18.0 Å². The van der Waals surface area contributed by atoms with Crippen LogP contribution < -0.4 is 15.4 Å². The number of pyridine rings is 1. The van der Waals surface area contributed by atoms with Crippen LogP contribution in [0.5, 0.6) is 5.75 Å². The molecule has 2 rings (SSSR count). The molecule has 0 aliphatic carbocycles. The maximum atomic E-state index is 12.3. The van der Waals surface area contributed by atoms with Gasteiger partial charge in [0.15, 0.2) is 0 Å². The number of allylic oxidation sites excluding steroid dienone is 3. The SMILES string of the molecule is C=C/C(=C\C(=C/C)c1cc(Nc2ccc(OC(F)(F)F)cc2)cc(Cl)n1)C(=O)NC. The summed E-state index contributed by atoms with van der Waals surface area (Å²) < 4.78 is 40.7. The molecule has 1 aromatic heterocycles. The molecular weight excluding hydrogens is 419 g/mol. The van der Waals surface area contributed by atoms with Gasteiger partial charge in [0.2, 0.25) is 0 Å². The van der Waals surface area contributed by atoms with Crippen LogP contribution in [-0.2, 0) is 4.79 Å². The van der Waals surface area contributed by atoms with Gasteiger partial charge < -0.3 is 15.4 Å². The lowest BCUT2D eigenvalue weighted by atomic mass is 10.1. The number of hydrogen-bond donors (Lipinski definition) is 2. The lowest BCUT2D eigenvalue weighted by molar-refractivity contribution is -0.274. The Morgan fingerprint density at radius 2 is 1.87 bits per heavy atom. The summed E-state index contributed by atoms with van der Waals surface area (Å²) in [5, 5.41) is 5.77. The molecule has 5 nitrogen and oxygen atoms in total. The van der Waals surface area contributed by atoms with E-state index < -0.39 is 6.36 Å². The number of amides is 1. The number of aromatic nitrogens is 1. The fourth-order valence-electron chi connectivity index (χ4n) is 2.46. The topological polar surface area (TPSA) is 63.2 Å². The second-order valence-corrected chi connectivity index (χ2v) is 6.28. The molecule has 0 fully saturated rings. The minimum absolute atomic E-state index is 0.194. The highest BCUT2D eigenvalue weighted by Crippen LogP contribution is 2.28. The van der Waals surface area contributed by atoms with Gasteiger partial charge in [-0.2, -0.15) is 0 Å². The number of nitrogens with one attached hydrogen (secondary N) is 2. The lowest BCUT2D eigenvalue weighted by Gasteiger charge is -2.12. The smallest absolute Gasteiger partial charge is 0.406 e. The van der Waals surface area contributed by atoms with Crippen molar-refractivity contribution in [2.75, 3.05) is 12.4 Å². The van der Waals surface area contributed by atoms with Crippen LogP contribution in [0, 0.1) is 0 Å². The summed E-state index contributed by atoms with van der Waals surface area (Å²) in [7, 11) is 1.51. The number of halogens is 4. The Balaban J connectivity index is 2.29. The average molecular weight is 438 g/mol. The van der Waals surface area contributed by atoms with Crippen LogP contribution in [0.4, 0.5) is 24.5 Å². The minimum atomic E-state index is -4.75. The highest BCUT2D eigenvalue weighted by atomic mass is 35.5. The van der Waals surface area contributed by atoms with Crippen molar-refractivity contribution in [3.8, 4) is 5.75 Å². The Hall–Kier alpha value is -3.26. The van der Waals surface area contributed by atoms with Gasteiger partial charge in [-0.15, -0.1) is 13.2 Å². The fourth-order valence-corrected chi connectivity index (χ4v) is 2.67. The summed E-state index contributed by atoms with van der Waals surface area (Å²) in [5.41, 5.74) is 2.55. The minimum Gasteiger partial charge on any atom is -0.406 e. The van der Waals surface area contributed by atoms with Crippen molar-refractivity contribution in [2.45, 2.75) is 13.3 Å². The van der Waals surface area contributed by atoms with Crippen molar-refractivity contribution in [1.82, 2.24) is 10.3 Å². The predicted octanol–water partition coefficient (Wildman–Crippen LogP) is 5.64. The average Bonchev–Trinajstić information content (AvgIpc) is 2.68. The summed E-state index contributed by atoms with van der Waals surface area (Å²) in [4.78, 5) is 16.2. The standard InChI is InChI=1S/C21H19ClF3N3O2/c1-4-13(10-14(5-2)20(29)26-3)18-11-16(12-19(22)28-18)27-15-6-8-17(9-7-15)30-21(23,24)25/h4-12H,2H2,1,3H3,(H,26,29)(H,27,28)/b13-4+,14-10+. The van der Waals surface area contributed by atoms with Crippen molar-refractivity contribution < 1.29 is 22.7 Å². The van der Waals surface area contributed by atoms with Crippen molar-refractivity contribution in [2.24, 2.45) is 0 Å². The second-order valence-electron chi connectivity index (χ2n) is 5.89. The first-order chi connectivity index (χ1) is 14.1. The quantitative estimate of drug-likeness (QED) is 0.334. The molecule has 2 aromatic rings. The van der Waals surface area contributed by atoms with Crippen molar-refractivity contribution in [3.05, 3.63) is 77.6 Å². The molecule has 0 bridgehead atoms. The normalized spacial score (nSPS) is 12.3. The molecule has 1 amide bonds. The summed E-state index contributed by atoms with van der Waals surface area (Å²) in [6.07, 6.45) is 0.0597. The highest BCUT2D eigenvalue weighted by molar-refractivity contribution is 6.29. The number of rotatable bonds is 7. The maximum absolute atomic E-state index is 12.3. The van der Waals surface area contributed by atoms with Crippen molar-refractivity contribution in [1.29, 1.82) is 0 Å². The Bertz CT molecular complexity index is 984. The number of benzene rings is 1. The van der Waals surface area contributed by atoms with E-state index in [1.165, 1.54) is 37.4 Å². The van der Waals surface area contributed by atoms with Gasteiger partial charge in [0.1, 0.15) is 10.9 Å². The molecule has 9 heteroatoms. The molecule has 0 aliphatic rings. The largest absolute Gasteiger partial charge is 0.573 e. The van der Waals surface area contributed by atoms with Crippen molar-refractivity contribution in [3.63, 3.8) is 0 Å². The van der Waals surface area contributed by atoms with Gasteiger partial charge in [-0.1, -0.05) is 30.3 Å². The zero-order chi connectivity index (χ0) is 22.3. The van der Waals surface area contributed by atoms with E-state index in [4.69, 9.17) is 11.6 Å². The van der Waals surface area contributed by atoms with Gasteiger partial charge in [0.25, 0.3) is 5.91 Å². The van der Waals surface area contributed by atoms with Crippen LogP contribution in [0.3, 0.4) is 0 Å². The molecule has 1 heterocycles. The van der Waals surface area contributed by atoms with Crippen LogP contribution in [0.25, 0.3) is 5.57 Å². The van der Waals surface area contributed by atoms with Gasteiger partial charge in [0, 0.05) is 24.0 Å². The zero-order valence-electron chi connectivity index (χ0n) is 16.2. The first-order valence-electron chi connectivity index (χ1n) is 8.68. The van der Waals surface area contributed by atoms with E-state index in [0.29, 0.717) is 28.2 Å². The summed E-state index contributed by atoms with van der Waals surface area (Å²) >= 11 is 6.13. The van der Waals surface area contributed by atoms with Crippen molar-refractivity contribution >= 4 is 34.5 Å². The number of alkyl halides is 3. The third kappa shape index (κ3) is 6.66. The molecule has 0 saturated carbocycles. The number of carbonyl (C=O) groups is 1. The molecule has 1 aromatic carbocycles. The Kier molecular flexibility index (Phi) is 7.66. The summed E-state index contributed by atoms with van der Waals surface area (Å²) in [6, 6.07) is 8.52. The van der Waals surface area contributed by atoms with Crippen LogP contribution >= 0.6 is 11.6 Å². The molecule has 2 N–H and O–H groups in total. The van der Waals surface area contributed by atoms with Gasteiger partial charge in [-0.25, -0.2) is 4.98 Å². The monoisotopic (exact) mass is 437 g/mol. The van der Waals surface area contributed by atoms with Gasteiger partial charge >= 0.3 is 6.36 Å². The van der Waals surface area contributed by atoms with E-state index in [1.807, 2.05) is 0 Å². The van der Waals surface area contributed by atoms with Gasteiger partial charge in [-0.3, -0.25) is 4.79 Å². The Morgan fingerprint density at radius 1 is 1.20 bits per heavy atom. The number of hydrogen-bond acceptors (Lipinski definition) is 4. The highest BCUT2D eigenvalue weighted by Gasteiger charge is 2.30. The second kappa shape index (κ2) is 9.98. The molecule has 0 spiro atoms. The molecule has 0 saturated heterocycles. The predicted molar refractivity (Wildman–Crippen MR) is 112 cm³/mol. The van der Waals surface area contributed by atoms with E-state index in [1.54, 1.807) is 31.2 Å². The van der Waals surface area contributed by atoms with Gasteiger partial charge in [0.05, 0.1) is 5.69 Å². The third-order valence-corrected chi connectivity index (χ3v) is 3.99. The van der Waals surface area contributed by atoms with Gasteiger partial charge in [-0.05, 0) is 55.0 Å². The number of anilines is 2. The molecular formula is C21H19ClF3N3O2. The Labute approximate surface area is 176 Å². The molecule has 0 aliphatic heterocycles. The first-order valence-corrected chi connectivity index (χ1v) is 9.06. The van der Waals surface area contributed by atoms with Crippen LogP contribution in [-0.4, -0.2) is 24.3 Å². The molecule has 0 radical (unpaired) electrons. The number of ether oxygens (including phenoxy) is 1. The first kappa shape index (κ1) is 23.0. The fraction of sp³-hybridized carbons (Fsp3) is 0.143.